The molecule has 0 saturated heterocycles. The highest BCUT2D eigenvalue weighted by atomic mass is 35.5. The third-order valence-electron chi connectivity index (χ3n) is 4.26. The Kier molecular flexibility index (Phi) is 6.77. The van der Waals surface area contributed by atoms with Crippen molar-refractivity contribution in [1.82, 2.24) is 14.7 Å². The Morgan fingerprint density at radius 3 is 2.55 bits per heavy atom. The average molecular weight is 464 g/mol. The molecule has 1 aromatic carbocycles. The van der Waals surface area contributed by atoms with Crippen molar-refractivity contribution in [2.75, 3.05) is 6.61 Å². The summed E-state index contributed by atoms with van der Waals surface area (Å²) in [5, 5.41) is 3.68. The number of nitrogens with zero attached hydrogens (tertiary/aromatic N) is 2. The topological polar surface area (TPSA) is 81.9 Å². The first kappa shape index (κ1) is 22.9. The van der Waals surface area contributed by atoms with Crippen LogP contribution in [0.4, 0.5) is 4.79 Å². The molecule has 1 N–H and O–H groups in total. The van der Waals surface area contributed by atoms with E-state index in [0.29, 0.717) is 26.8 Å². The van der Waals surface area contributed by atoms with Gasteiger partial charge in [0, 0.05) is 33.9 Å². The van der Waals surface area contributed by atoms with E-state index in [4.69, 9.17) is 32.7 Å². The van der Waals surface area contributed by atoms with Crippen molar-refractivity contribution in [2.24, 2.45) is 0 Å². The molecule has 0 spiro atoms. The van der Waals surface area contributed by atoms with E-state index in [9.17, 15) is 9.59 Å². The summed E-state index contributed by atoms with van der Waals surface area (Å²) in [6, 6.07) is 6.91. The summed E-state index contributed by atoms with van der Waals surface area (Å²) in [7, 11) is 0. The molecule has 3 aromatic rings. The van der Waals surface area contributed by atoms with E-state index in [1.165, 1.54) is 6.20 Å². The van der Waals surface area contributed by atoms with Gasteiger partial charge in [-0.25, -0.2) is 14.6 Å². The molecule has 0 saturated carbocycles. The molecule has 2 aromatic heterocycles. The molecule has 1 amide bonds. The lowest BCUT2D eigenvalue weighted by atomic mass is 10.0. The number of pyridine rings is 1. The van der Waals surface area contributed by atoms with E-state index < -0.39 is 17.7 Å². The average Bonchev–Trinajstić information content (AvgIpc) is 3.07. The zero-order valence-corrected chi connectivity index (χ0v) is 19.2. The fourth-order valence-electron chi connectivity index (χ4n) is 3.00. The monoisotopic (exact) mass is 463 g/mol. The van der Waals surface area contributed by atoms with Crippen molar-refractivity contribution in [3.05, 3.63) is 58.0 Å². The van der Waals surface area contributed by atoms with Gasteiger partial charge in [0.2, 0.25) is 0 Å². The first-order chi connectivity index (χ1) is 14.6. The van der Waals surface area contributed by atoms with Crippen LogP contribution in [0.5, 0.6) is 0 Å². The van der Waals surface area contributed by atoms with Gasteiger partial charge < -0.3 is 14.8 Å². The Bertz CT molecular complexity index is 1140. The van der Waals surface area contributed by atoms with Gasteiger partial charge in [0.15, 0.2) is 5.69 Å². The van der Waals surface area contributed by atoms with Gasteiger partial charge in [0.05, 0.1) is 12.8 Å². The van der Waals surface area contributed by atoms with E-state index in [2.05, 4.69) is 10.3 Å². The second kappa shape index (κ2) is 9.16. The normalized spacial score (nSPS) is 11.4. The van der Waals surface area contributed by atoms with E-state index in [1.807, 2.05) is 0 Å². The van der Waals surface area contributed by atoms with Crippen LogP contribution in [0, 0.1) is 0 Å². The van der Waals surface area contributed by atoms with Crippen LogP contribution in [0.3, 0.4) is 0 Å². The number of hydrogen-bond donors (Lipinski definition) is 1. The maximum absolute atomic E-state index is 12.3. The number of carbonyl (C=O) groups is 2. The maximum Gasteiger partial charge on any atom is 0.407 e. The number of rotatable bonds is 5. The van der Waals surface area contributed by atoms with E-state index in [1.54, 1.807) is 62.6 Å². The molecule has 0 atom stereocenters. The summed E-state index contributed by atoms with van der Waals surface area (Å²) in [4.78, 5) is 28.8. The van der Waals surface area contributed by atoms with Crippen molar-refractivity contribution in [1.29, 1.82) is 0 Å². The minimum atomic E-state index is -0.617. The van der Waals surface area contributed by atoms with Gasteiger partial charge in [-0.1, -0.05) is 29.3 Å². The minimum absolute atomic E-state index is 0.168. The lowest BCUT2D eigenvalue weighted by Gasteiger charge is -2.20. The third kappa shape index (κ3) is 5.48. The van der Waals surface area contributed by atoms with Crippen LogP contribution >= 0.6 is 23.2 Å². The number of alkyl carbamates (subject to hydrolysis) is 1. The number of ether oxygens (including phenoxy) is 2. The van der Waals surface area contributed by atoms with Crippen LogP contribution in [-0.4, -0.2) is 33.7 Å². The predicted octanol–water partition coefficient (Wildman–Crippen LogP) is 5.51. The summed E-state index contributed by atoms with van der Waals surface area (Å²) in [6.45, 7) is 7.53. The quantitative estimate of drug-likeness (QED) is 0.504. The molecule has 0 radical (unpaired) electrons. The molecular weight excluding hydrogens is 441 g/mol. The van der Waals surface area contributed by atoms with Crippen LogP contribution in [0.25, 0.3) is 16.8 Å². The van der Waals surface area contributed by atoms with Crippen LogP contribution < -0.4 is 5.32 Å². The first-order valence-corrected chi connectivity index (χ1v) is 10.4. The highest BCUT2D eigenvalue weighted by molar-refractivity contribution is 6.36. The number of aromatic nitrogens is 2. The number of imidazole rings is 1. The van der Waals surface area contributed by atoms with Gasteiger partial charge in [-0.2, -0.15) is 0 Å². The van der Waals surface area contributed by atoms with Gasteiger partial charge in [-0.05, 0) is 51.5 Å². The number of carbonyl (C=O) groups excluding carboxylic acids is 2. The zero-order valence-electron chi connectivity index (χ0n) is 17.7. The molecule has 164 valence electrons. The SMILES string of the molecule is CCOC(=O)c1cnc2cc(CNC(=O)OC(C)(C)C)c(-c3ccc(Cl)cc3Cl)cn12. The van der Waals surface area contributed by atoms with Gasteiger partial charge in [-0.3, -0.25) is 4.40 Å². The van der Waals surface area contributed by atoms with E-state index in [-0.39, 0.29) is 18.8 Å². The van der Waals surface area contributed by atoms with Crippen LogP contribution in [-0.2, 0) is 16.0 Å². The number of hydrogen-bond acceptors (Lipinski definition) is 5. The molecule has 7 nitrogen and oxygen atoms in total. The molecule has 3 rings (SSSR count). The molecule has 0 unspecified atom stereocenters. The van der Waals surface area contributed by atoms with E-state index >= 15 is 0 Å². The third-order valence-corrected chi connectivity index (χ3v) is 4.81. The molecular formula is C22H23Cl2N3O4. The number of fused-ring (bicyclic) bond motifs is 1. The first-order valence-electron chi connectivity index (χ1n) is 9.68. The number of benzene rings is 1. The predicted molar refractivity (Wildman–Crippen MR) is 120 cm³/mol. The van der Waals surface area contributed by atoms with E-state index in [0.717, 1.165) is 5.56 Å². The van der Waals surface area contributed by atoms with Gasteiger partial charge in [0.1, 0.15) is 11.2 Å². The van der Waals surface area contributed by atoms with Crippen LogP contribution in [0.2, 0.25) is 10.0 Å². The Hall–Kier alpha value is -2.77. The fraction of sp³-hybridized carbons (Fsp3) is 0.318. The maximum atomic E-state index is 12.3. The summed E-state index contributed by atoms with van der Waals surface area (Å²) in [6.07, 6.45) is 2.65. The largest absolute Gasteiger partial charge is 0.461 e. The Morgan fingerprint density at radius 1 is 1.16 bits per heavy atom. The Morgan fingerprint density at radius 2 is 1.90 bits per heavy atom. The number of amides is 1. The van der Waals surface area contributed by atoms with Gasteiger partial charge in [0.25, 0.3) is 0 Å². The minimum Gasteiger partial charge on any atom is -0.461 e. The molecule has 0 aliphatic heterocycles. The highest BCUT2D eigenvalue weighted by Gasteiger charge is 2.20. The van der Waals surface area contributed by atoms with Crippen molar-refractivity contribution in [3.8, 4) is 11.1 Å². The van der Waals surface area contributed by atoms with Crippen molar-refractivity contribution < 1.29 is 19.1 Å². The summed E-state index contributed by atoms with van der Waals surface area (Å²) >= 11 is 12.5. The summed E-state index contributed by atoms with van der Waals surface area (Å²) < 4.78 is 12.1. The van der Waals surface area contributed by atoms with Gasteiger partial charge >= 0.3 is 12.1 Å². The smallest absolute Gasteiger partial charge is 0.407 e. The summed E-state index contributed by atoms with van der Waals surface area (Å²) in [5.74, 6) is -0.484. The summed E-state index contributed by atoms with van der Waals surface area (Å²) in [5.41, 5.74) is 2.33. The molecule has 31 heavy (non-hydrogen) atoms. The number of esters is 1. The van der Waals surface area contributed by atoms with Gasteiger partial charge in [-0.15, -0.1) is 0 Å². The molecule has 0 aliphatic rings. The molecule has 0 aliphatic carbocycles. The second-order valence-corrected chi connectivity index (χ2v) is 8.63. The standard InChI is InChI=1S/C22H23Cl2N3O4/c1-5-30-20(28)18-11-25-19-8-13(10-26-21(29)31-22(2,3)4)16(12-27(18)19)15-7-6-14(23)9-17(15)24/h6-9,11-12H,5,10H2,1-4H3,(H,26,29). The lowest BCUT2D eigenvalue weighted by Crippen LogP contribution is -2.32. The second-order valence-electron chi connectivity index (χ2n) is 7.78. The Balaban J connectivity index is 2.07. The van der Waals surface area contributed by atoms with Crippen molar-refractivity contribution in [3.63, 3.8) is 0 Å². The fourth-order valence-corrected chi connectivity index (χ4v) is 3.51. The molecule has 0 bridgehead atoms. The highest BCUT2D eigenvalue weighted by Crippen LogP contribution is 2.33. The lowest BCUT2D eigenvalue weighted by molar-refractivity contribution is 0.0511. The molecule has 9 heteroatoms. The zero-order chi connectivity index (χ0) is 22.8. The number of halogens is 2. The molecule has 2 heterocycles. The molecule has 0 fully saturated rings. The van der Waals surface area contributed by atoms with Crippen LogP contribution in [0.15, 0.2) is 36.7 Å². The van der Waals surface area contributed by atoms with Crippen molar-refractivity contribution >= 4 is 40.9 Å². The van der Waals surface area contributed by atoms with Crippen molar-refractivity contribution in [2.45, 2.75) is 39.8 Å². The Labute approximate surface area is 190 Å². The number of nitrogens with one attached hydrogen (secondary N) is 1. The van der Waals surface area contributed by atoms with Crippen LogP contribution in [0.1, 0.15) is 43.7 Å².